The molecule has 0 atom stereocenters. The van der Waals surface area contributed by atoms with E-state index in [4.69, 9.17) is 4.42 Å². The van der Waals surface area contributed by atoms with Crippen LogP contribution in [0.15, 0.2) is 138 Å². The first-order chi connectivity index (χ1) is 19.8. The van der Waals surface area contributed by atoms with Gasteiger partial charge in [-0.1, -0.05) is 103 Å². The van der Waals surface area contributed by atoms with Gasteiger partial charge in [0, 0.05) is 25.6 Å². The number of fused-ring (bicyclic) bond motifs is 7. The Morgan fingerprint density at radius 1 is 0.425 bits per heavy atom. The maximum absolute atomic E-state index is 5.69. The number of benzene rings is 7. The Hall–Kier alpha value is -4.92. The molecule has 1 nitrogen and oxygen atoms in total. The van der Waals surface area contributed by atoms with E-state index in [1.54, 1.807) is 6.26 Å². The van der Waals surface area contributed by atoms with E-state index in [0.29, 0.717) is 0 Å². The molecule has 0 spiro atoms. The fraction of sp³-hybridized carbons (Fsp3) is 0. The lowest BCUT2D eigenvalue weighted by Gasteiger charge is -2.18. The summed E-state index contributed by atoms with van der Waals surface area (Å²) in [5.41, 5.74) is 6.07. The van der Waals surface area contributed by atoms with Crippen LogP contribution in [0.5, 0.6) is 0 Å². The van der Waals surface area contributed by atoms with E-state index in [9.17, 15) is 0 Å². The van der Waals surface area contributed by atoms with Crippen LogP contribution in [0.2, 0.25) is 0 Å². The quantitative estimate of drug-likeness (QED) is 0.204. The molecule has 186 valence electrons. The second kappa shape index (κ2) is 8.29. The van der Waals surface area contributed by atoms with Crippen molar-refractivity contribution >= 4 is 74.8 Å². The molecule has 0 N–H and O–H groups in total. The number of hydrogen-bond donors (Lipinski definition) is 0. The van der Waals surface area contributed by atoms with E-state index < -0.39 is 0 Å². The van der Waals surface area contributed by atoms with Crippen molar-refractivity contribution in [3.05, 3.63) is 134 Å². The summed E-state index contributed by atoms with van der Waals surface area (Å²) in [7, 11) is 0. The normalized spacial score (nSPS) is 12.0. The Bertz CT molecular complexity index is 2380. The van der Waals surface area contributed by atoms with Gasteiger partial charge in [-0.05, 0) is 78.8 Å². The van der Waals surface area contributed by atoms with Gasteiger partial charge in [-0.2, -0.15) is 0 Å². The van der Waals surface area contributed by atoms with Gasteiger partial charge in [0.15, 0.2) is 0 Å². The van der Waals surface area contributed by atoms with Gasteiger partial charge >= 0.3 is 0 Å². The van der Waals surface area contributed by atoms with Crippen LogP contribution in [-0.4, -0.2) is 0 Å². The molecule has 9 rings (SSSR count). The van der Waals surface area contributed by atoms with E-state index >= 15 is 0 Å². The van der Waals surface area contributed by atoms with Crippen LogP contribution in [0.4, 0.5) is 0 Å². The van der Waals surface area contributed by atoms with Crippen LogP contribution < -0.4 is 0 Å². The molecule has 0 radical (unpaired) electrons. The van der Waals surface area contributed by atoms with Crippen LogP contribution in [-0.2, 0) is 0 Å². The summed E-state index contributed by atoms with van der Waals surface area (Å²) in [5, 5.41) is 11.4. The Balaban J connectivity index is 1.38. The van der Waals surface area contributed by atoms with E-state index in [1.165, 1.54) is 74.7 Å². The molecule has 0 aliphatic carbocycles. The Labute approximate surface area is 234 Å². The first kappa shape index (κ1) is 22.0. The van der Waals surface area contributed by atoms with Gasteiger partial charge in [0.2, 0.25) is 0 Å². The van der Waals surface area contributed by atoms with E-state index in [1.807, 2.05) is 17.4 Å². The van der Waals surface area contributed by atoms with Crippen LogP contribution in [0.1, 0.15) is 0 Å². The summed E-state index contributed by atoms with van der Waals surface area (Å²) in [5.74, 6) is 0. The number of rotatable bonds is 2. The summed E-state index contributed by atoms with van der Waals surface area (Å²) < 4.78 is 8.25. The maximum Gasteiger partial charge on any atom is 0.135 e. The van der Waals surface area contributed by atoms with Crippen LogP contribution in [0.3, 0.4) is 0 Å². The molecule has 0 aliphatic heterocycles. The first-order valence-corrected chi connectivity index (χ1v) is 14.4. The smallest absolute Gasteiger partial charge is 0.135 e. The van der Waals surface area contributed by atoms with Crippen molar-refractivity contribution in [3.8, 4) is 22.3 Å². The number of hydrogen-bond acceptors (Lipinski definition) is 2. The third-order valence-corrected chi connectivity index (χ3v) is 9.44. The van der Waals surface area contributed by atoms with E-state index in [0.717, 1.165) is 11.0 Å². The molecule has 9 aromatic rings. The van der Waals surface area contributed by atoms with Crippen LogP contribution in [0.25, 0.3) is 85.7 Å². The highest BCUT2D eigenvalue weighted by atomic mass is 32.1. The zero-order valence-corrected chi connectivity index (χ0v) is 22.3. The monoisotopic (exact) mass is 526 g/mol. The molecule has 0 saturated carbocycles. The minimum atomic E-state index is 0.945. The fourth-order valence-electron chi connectivity index (χ4n) is 6.56. The molecule has 2 aromatic heterocycles. The summed E-state index contributed by atoms with van der Waals surface area (Å²) >= 11 is 1.84. The molecule has 0 fully saturated rings. The van der Waals surface area contributed by atoms with Gasteiger partial charge < -0.3 is 4.42 Å². The molecule has 0 bridgehead atoms. The van der Waals surface area contributed by atoms with Crippen molar-refractivity contribution in [1.29, 1.82) is 0 Å². The minimum absolute atomic E-state index is 0.945. The maximum atomic E-state index is 5.69. The van der Waals surface area contributed by atoms with Crippen molar-refractivity contribution in [1.82, 2.24) is 0 Å². The Kier molecular flexibility index (Phi) is 4.55. The fourth-order valence-corrected chi connectivity index (χ4v) is 7.72. The largest absolute Gasteiger partial charge is 0.464 e. The van der Waals surface area contributed by atoms with Gasteiger partial charge in [-0.15, -0.1) is 11.3 Å². The standard InChI is InChI=1S/C38H22OS/c1-2-10-26-23(8-1)9-7-15-28(26)38-31-13-5-3-11-29(31)37(30-12-4-6-14-32(30)38)25-16-17-27-33-20-24-18-19-39-34(24)22-36(33)40-35(27)21-25/h1-22H. The highest BCUT2D eigenvalue weighted by molar-refractivity contribution is 7.25. The summed E-state index contributed by atoms with van der Waals surface area (Å²) in [6, 6.07) is 46.7. The zero-order chi connectivity index (χ0) is 26.2. The summed E-state index contributed by atoms with van der Waals surface area (Å²) in [6.45, 7) is 0. The Morgan fingerprint density at radius 2 is 1.07 bits per heavy atom. The predicted octanol–water partition coefficient (Wildman–Crippen LogP) is 11.6. The molecule has 0 aliphatic rings. The average Bonchev–Trinajstić information content (AvgIpc) is 3.61. The Morgan fingerprint density at radius 3 is 1.85 bits per heavy atom. The molecule has 2 heterocycles. The van der Waals surface area contributed by atoms with Crippen molar-refractivity contribution in [2.75, 3.05) is 0 Å². The summed E-state index contributed by atoms with van der Waals surface area (Å²) in [6.07, 6.45) is 1.77. The van der Waals surface area contributed by atoms with Gasteiger partial charge in [0.05, 0.1) is 6.26 Å². The highest BCUT2D eigenvalue weighted by Crippen LogP contribution is 2.46. The van der Waals surface area contributed by atoms with E-state index in [2.05, 4.69) is 121 Å². The second-order valence-electron chi connectivity index (χ2n) is 10.5. The predicted molar refractivity (Wildman–Crippen MR) is 172 cm³/mol. The lowest BCUT2D eigenvalue weighted by molar-refractivity contribution is 0.616. The minimum Gasteiger partial charge on any atom is -0.464 e. The SMILES string of the molecule is c1ccc2c(-c3c4ccccc4c(-c4ccc5c(c4)sc4cc6occc6cc45)c4ccccc34)cccc2c1. The number of furan rings is 1. The summed E-state index contributed by atoms with van der Waals surface area (Å²) in [4.78, 5) is 0. The van der Waals surface area contributed by atoms with E-state index in [-0.39, 0.29) is 0 Å². The van der Waals surface area contributed by atoms with Crippen LogP contribution >= 0.6 is 11.3 Å². The van der Waals surface area contributed by atoms with Crippen molar-refractivity contribution in [2.24, 2.45) is 0 Å². The lowest BCUT2D eigenvalue weighted by Crippen LogP contribution is -1.91. The first-order valence-electron chi connectivity index (χ1n) is 13.6. The average molecular weight is 527 g/mol. The second-order valence-corrected chi connectivity index (χ2v) is 11.6. The van der Waals surface area contributed by atoms with Gasteiger partial charge in [-0.25, -0.2) is 0 Å². The molecule has 40 heavy (non-hydrogen) atoms. The molecule has 0 unspecified atom stereocenters. The molecule has 0 amide bonds. The van der Waals surface area contributed by atoms with Gasteiger partial charge in [-0.3, -0.25) is 0 Å². The third kappa shape index (κ3) is 3.08. The van der Waals surface area contributed by atoms with Gasteiger partial charge in [0.25, 0.3) is 0 Å². The zero-order valence-electron chi connectivity index (χ0n) is 21.5. The highest BCUT2D eigenvalue weighted by Gasteiger charge is 2.18. The van der Waals surface area contributed by atoms with Crippen molar-refractivity contribution in [2.45, 2.75) is 0 Å². The third-order valence-electron chi connectivity index (χ3n) is 8.33. The number of thiophene rings is 1. The molecule has 7 aromatic carbocycles. The molecular formula is C38H22OS. The molecular weight excluding hydrogens is 504 g/mol. The van der Waals surface area contributed by atoms with Crippen molar-refractivity contribution in [3.63, 3.8) is 0 Å². The van der Waals surface area contributed by atoms with Gasteiger partial charge in [0.1, 0.15) is 5.58 Å². The van der Waals surface area contributed by atoms with Crippen molar-refractivity contribution < 1.29 is 4.42 Å². The molecule has 2 heteroatoms. The molecule has 0 saturated heterocycles. The lowest BCUT2D eigenvalue weighted by atomic mass is 9.84. The topological polar surface area (TPSA) is 13.1 Å². The van der Waals surface area contributed by atoms with Crippen LogP contribution in [0, 0.1) is 0 Å².